The molecule has 1 aliphatic rings. The minimum atomic E-state index is -0.661. The van der Waals surface area contributed by atoms with Crippen LogP contribution in [0.2, 0.25) is 0 Å². The smallest absolute Gasteiger partial charge is 0.278 e. The monoisotopic (exact) mass is 471 g/mol. The predicted molar refractivity (Wildman–Crippen MR) is 135 cm³/mol. The van der Waals surface area contributed by atoms with Crippen LogP contribution in [-0.4, -0.2) is 61.5 Å². The van der Waals surface area contributed by atoms with Crippen molar-refractivity contribution in [1.29, 1.82) is 0 Å². The van der Waals surface area contributed by atoms with Crippen LogP contribution in [-0.2, 0) is 4.79 Å². The minimum Gasteiger partial charge on any atom is -0.353 e. The Labute approximate surface area is 203 Å². The summed E-state index contributed by atoms with van der Waals surface area (Å²) in [6.45, 7) is 8.18. The van der Waals surface area contributed by atoms with Crippen molar-refractivity contribution in [2.24, 2.45) is 0 Å². The van der Waals surface area contributed by atoms with E-state index >= 15 is 0 Å². The maximum Gasteiger partial charge on any atom is 0.278 e. The Bertz CT molecular complexity index is 1400. The third-order valence-corrected chi connectivity index (χ3v) is 6.67. The van der Waals surface area contributed by atoms with Crippen molar-refractivity contribution >= 4 is 22.6 Å². The second kappa shape index (κ2) is 9.32. The number of hydrogen-bond donors (Lipinski definition) is 0. The number of amides is 1. The normalized spacial score (nSPS) is 14.9. The Hall–Kier alpha value is -4.01. The highest BCUT2D eigenvalue weighted by atomic mass is 16.2. The van der Waals surface area contributed by atoms with Gasteiger partial charge in [-0.15, -0.1) is 0 Å². The summed E-state index contributed by atoms with van der Waals surface area (Å²) in [5.74, 6) is 0.839. The molecule has 3 aromatic heterocycles. The van der Waals surface area contributed by atoms with Crippen LogP contribution in [0.15, 0.2) is 59.5 Å². The Balaban J connectivity index is 1.45. The first-order chi connectivity index (χ1) is 17.0. The Morgan fingerprint density at radius 2 is 1.69 bits per heavy atom. The van der Waals surface area contributed by atoms with Crippen LogP contribution < -0.4 is 10.5 Å². The van der Waals surface area contributed by atoms with Crippen molar-refractivity contribution in [3.05, 3.63) is 76.5 Å². The van der Waals surface area contributed by atoms with E-state index in [4.69, 9.17) is 0 Å². The summed E-state index contributed by atoms with van der Waals surface area (Å²) in [4.78, 5) is 35.6. The molecule has 9 heteroatoms. The van der Waals surface area contributed by atoms with Gasteiger partial charge in [0, 0.05) is 32.4 Å². The van der Waals surface area contributed by atoms with Crippen molar-refractivity contribution in [3.8, 4) is 5.69 Å². The number of carbonyl (C=O) groups is 1. The third kappa shape index (κ3) is 4.07. The van der Waals surface area contributed by atoms with Gasteiger partial charge in [-0.2, -0.15) is 10.2 Å². The van der Waals surface area contributed by atoms with Crippen LogP contribution in [0.4, 0.5) is 5.82 Å². The van der Waals surface area contributed by atoms with Crippen LogP contribution in [0.3, 0.4) is 0 Å². The molecule has 0 radical (unpaired) electrons. The van der Waals surface area contributed by atoms with E-state index in [-0.39, 0.29) is 11.5 Å². The van der Waals surface area contributed by atoms with E-state index in [1.54, 1.807) is 10.9 Å². The molecule has 1 saturated heterocycles. The van der Waals surface area contributed by atoms with E-state index in [1.165, 1.54) is 4.68 Å². The molecule has 9 nitrogen and oxygen atoms in total. The maximum atomic E-state index is 13.6. The molecule has 4 aromatic rings. The molecule has 0 unspecified atom stereocenters. The molecule has 35 heavy (non-hydrogen) atoms. The van der Waals surface area contributed by atoms with Gasteiger partial charge in [0.25, 0.3) is 5.56 Å². The standard InChI is InChI=1S/C26H29N7O2/c1-4-21(25(34)31-16-14-30(15-17-31)22-12-8-9-13-27-22)33-26(35)23-19(3)32(20-10-6-5-7-11-20)29-24(23)18(2)28-33/h5-13,21H,4,14-17H2,1-3H3/t21-/m1/s1. The quantitative estimate of drug-likeness (QED) is 0.445. The van der Waals surface area contributed by atoms with Gasteiger partial charge < -0.3 is 9.80 Å². The van der Waals surface area contributed by atoms with Crippen LogP contribution in [0, 0.1) is 13.8 Å². The maximum absolute atomic E-state index is 13.6. The number of aromatic nitrogens is 5. The number of rotatable bonds is 5. The zero-order chi connectivity index (χ0) is 24.5. The van der Waals surface area contributed by atoms with Crippen LogP contribution in [0.25, 0.3) is 16.6 Å². The zero-order valence-corrected chi connectivity index (χ0v) is 20.3. The molecule has 0 N–H and O–H groups in total. The fraction of sp³-hybridized carbons (Fsp3) is 0.346. The summed E-state index contributed by atoms with van der Waals surface area (Å²) in [5, 5.41) is 9.74. The first-order valence-corrected chi connectivity index (χ1v) is 12.0. The predicted octanol–water partition coefficient (Wildman–Crippen LogP) is 2.89. The van der Waals surface area contributed by atoms with Gasteiger partial charge in [0.1, 0.15) is 17.4 Å². The van der Waals surface area contributed by atoms with Crippen LogP contribution in [0.1, 0.15) is 30.8 Å². The molecule has 0 saturated carbocycles. The molecule has 180 valence electrons. The summed E-state index contributed by atoms with van der Waals surface area (Å²) >= 11 is 0. The number of piperazine rings is 1. The van der Waals surface area contributed by atoms with Crippen molar-refractivity contribution in [1.82, 2.24) is 29.4 Å². The highest BCUT2D eigenvalue weighted by molar-refractivity contribution is 5.84. The molecule has 1 amide bonds. The SMILES string of the molecule is CC[C@H](C(=O)N1CCN(c2ccccn2)CC1)n1nc(C)c2nn(-c3ccccc3)c(C)c2c1=O. The molecular formula is C26H29N7O2. The molecule has 1 aromatic carbocycles. The van der Waals surface area contributed by atoms with Gasteiger partial charge in [0.2, 0.25) is 5.91 Å². The molecule has 1 aliphatic heterocycles. The van der Waals surface area contributed by atoms with E-state index in [2.05, 4.69) is 20.1 Å². The number of para-hydroxylation sites is 1. The molecule has 4 heterocycles. The van der Waals surface area contributed by atoms with Crippen molar-refractivity contribution < 1.29 is 4.79 Å². The number of pyridine rings is 1. The van der Waals surface area contributed by atoms with Gasteiger partial charge in [0.15, 0.2) is 0 Å². The summed E-state index contributed by atoms with van der Waals surface area (Å²) in [5.41, 5.74) is 2.53. The van der Waals surface area contributed by atoms with Crippen LogP contribution in [0.5, 0.6) is 0 Å². The van der Waals surface area contributed by atoms with Gasteiger partial charge >= 0.3 is 0 Å². The lowest BCUT2D eigenvalue weighted by atomic mass is 10.1. The first-order valence-electron chi connectivity index (χ1n) is 12.0. The van der Waals surface area contributed by atoms with E-state index in [9.17, 15) is 9.59 Å². The largest absolute Gasteiger partial charge is 0.353 e. The van der Waals surface area contributed by atoms with Gasteiger partial charge in [-0.25, -0.2) is 14.3 Å². The Morgan fingerprint density at radius 1 is 0.971 bits per heavy atom. The number of hydrogen-bond acceptors (Lipinski definition) is 6. The van der Waals surface area contributed by atoms with Crippen LogP contribution >= 0.6 is 0 Å². The fourth-order valence-corrected chi connectivity index (χ4v) is 4.77. The van der Waals surface area contributed by atoms with Gasteiger partial charge in [-0.3, -0.25) is 9.59 Å². The number of fused-ring (bicyclic) bond motifs is 1. The molecule has 0 bridgehead atoms. The summed E-state index contributed by atoms with van der Waals surface area (Å²) in [7, 11) is 0. The summed E-state index contributed by atoms with van der Waals surface area (Å²) < 4.78 is 3.14. The van der Waals surface area contributed by atoms with E-state index in [1.807, 2.05) is 74.2 Å². The molecule has 0 spiro atoms. The van der Waals surface area contributed by atoms with E-state index < -0.39 is 6.04 Å². The third-order valence-electron chi connectivity index (χ3n) is 6.67. The second-order valence-electron chi connectivity index (χ2n) is 8.82. The average Bonchev–Trinajstić information content (AvgIpc) is 3.26. The molecule has 0 aliphatic carbocycles. The zero-order valence-electron chi connectivity index (χ0n) is 20.3. The Kier molecular flexibility index (Phi) is 6.07. The highest BCUT2D eigenvalue weighted by Gasteiger charge is 2.31. The average molecular weight is 472 g/mol. The highest BCUT2D eigenvalue weighted by Crippen LogP contribution is 2.22. The topological polar surface area (TPSA) is 89.2 Å². The molecular weight excluding hydrogens is 442 g/mol. The van der Waals surface area contributed by atoms with Crippen molar-refractivity contribution in [2.75, 3.05) is 31.1 Å². The molecule has 1 fully saturated rings. The van der Waals surface area contributed by atoms with E-state index in [0.717, 1.165) is 17.2 Å². The van der Waals surface area contributed by atoms with Crippen molar-refractivity contribution in [2.45, 2.75) is 33.2 Å². The van der Waals surface area contributed by atoms with Gasteiger partial charge in [0.05, 0.1) is 22.5 Å². The lowest BCUT2D eigenvalue weighted by Gasteiger charge is -2.37. The molecule has 1 atom stereocenters. The summed E-state index contributed by atoms with van der Waals surface area (Å²) in [6, 6.07) is 14.9. The Morgan fingerprint density at radius 3 is 2.34 bits per heavy atom. The van der Waals surface area contributed by atoms with E-state index in [0.29, 0.717) is 49.2 Å². The molecule has 5 rings (SSSR count). The van der Waals surface area contributed by atoms with Gasteiger partial charge in [-0.05, 0) is 44.5 Å². The number of anilines is 1. The number of carbonyl (C=O) groups excluding carboxylic acids is 1. The number of nitrogens with zero attached hydrogens (tertiary/aromatic N) is 7. The second-order valence-corrected chi connectivity index (χ2v) is 8.82. The van der Waals surface area contributed by atoms with Gasteiger partial charge in [-0.1, -0.05) is 31.2 Å². The lowest BCUT2D eigenvalue weighted by molar-refractivity contribution is -0.135. The lowest BCUT2D eigenvalue weighted by Crippen LogP contribution is -2.51. The van der Waals surface area contributed by atoms with Crippen molar-refractivity contribution in [3.63, 3.8) is 0 Å². The fourth-order valence-electron chi connectivity index (χ4n) is 4.77. The number of benzene rings is 1. The first kappa shape index (κ1) is 22.8. The minimum absolute atomic E-state index is 0.0744. The summed E-state index contributed by atoms with van der Waals surface area (Å²) in [6.07, 6.45) is 2.25. The number of aryl methyl sites for hydroxylation is 2.